The molecule has 0 aliphatic rings. The number of benzene rings is 2. The molecule has 0 aliphatic heterocycles. The van der Waals surface area contributed by atoms with E-state index in [4.69, 9.17) is 0 Å². The average Bonchev–Trinajstić information content (AvgIpc) is 2.79. The minimum Gasteiger partial charge on any atom is -0.271 e. The molecule has 0 saturated carbocycles. The van der Waals surface area contributed by atoms with Crippen LogP contribution in [-0.2, 0) is 14.8 Å². The molecule has 0 aliphatic carbocycles. The van der Waals surface area contributed by atoms with Gasteiger partial charge < -0.3 is 0 Å². The third-order valence-corrected chi connectivity index (χ3v) is 5.82. The van der Waals surface area contributed by atoms with Crippen molar-refractivity contribution >= 4 is 33.5 Å². The zero-order valence-electron chi connectivity index (χ0n) is 16.0. The smallest absolute Gasteiger partial charge is 0.270 e. The Kier molecular flexibility index (Phi) is 6.67. The molecule has 0 spiro atoms. The van der Waals surface area contributed by atoms with E-state index in [1.807, 2.05) is 0 Å². The normalized spacial score (nSPS) is 11.2. The Labute approximate surface area is 178 Å². The summed E-state index contributed by atoms with van der Waals surface area (Å²) in [6.45, 7) is -0.546. The van der Waals surface area contributed by atoms with Crippen molar-refractivity contribution in [2.24, 2.45) is 5.10 Å². The summed E-state index contributed by atoms with van der Waals surface area (Å²) in [5, 5.41) is 14.6. The monoisotopic (exact) mass is 439 g/mol. The van der Waals surface area contributed by atoms with Crippen LogP contribution in [0.5, 0.6) is 0 Å². The number of nitro groups is 1. The van der Waals surface area contributed by atoms with Gasteiger partial charge >= 0.3 is 0 Å². The van der Waals surface area contributed by atoms with E-state index in [1.54, 1.807) is 30.3 Å². The largest absolute Gasteiger partial charge is 0.271 e. The molecule has 2 aromatic carbocycles. The minimum absolute atomic E-state index is 0.0201. The van der Waals surface area contributed by atoms with Crippen LogP contribution < -0.4 is 9.73 Å². The molecule has 158 valence electrons. The fourth-order valence-corrected chi connectivity index (χ4v) is 4.03. The molecule has 1 heterocycles. The Morgan fingerprint density at radius 2 is 1.90 bits per heavy atom. The molecule has 10 nitrogen and oxygen atoms in total. The summed E-state index contributed by atoms with van der Waals surface area (Å²) in [5.41, 5.74) is 2.73. The maximum absolute atomic E-state index is 13.1. The molecule has 3 aromatic rings. The average molecular weight is 439 g/mol. The number of nitrogens with one attached hydrogen (secondary N) is 1. The van der Waals surface area contributed by atoms with Crippen LogP contribution in [0.15, 0.2) is 89.1 Å². The van der Waals surface area contributed by atoms with Gasteiger partial charge in [-0.1, -0.05) is 30.3 Å². The van der Waals surface area contributed by atoms with Crippen molar-refractivity contribution in [2.75, 3.05) is 10.8 Å². The number of carbonyl (C=O) groups is 1. The second-order valence-corrected chi connectivity index (χ2v) is 8.04. The number of carbonyl (C=O) groups excluding carboxylic acids is 1. The Hall–Kier alpha value is -4.12. The van der Waals surface area contributed by atoms with Gasteiger partial charge in [0, 0.05) is 23.9 Å². The molecule has 0 atom stereocenters. The van der Waals surface area contributed by atoms with Crippen LogP contribution in [0.4, 0.5) is 11.4 Å². The maximum Gasteiger partial charge on any atom is 0.270 e. The Balaban J connectivity index is 1.78. The van der Waals surface area contributed by atoms with E-state index in [1.165, 1.54) is 55.0 Å². The molecule has 31 heavy (non-hydrogen) atoms. The molecule has 3 rings (SSSR count). The number of anilines is 1. The Morgan fingerprint density at radius 1 is 1.13 bits per heavy atom. The van der Waals surface area contributed by atoms with Gasteiger partial charge in [-0.05, 0) is 24.3 Å². The predicted molar refractivity (Wildman–Crippen MR) is 114 cm³/mol. The molecule has 0 saturated heterocycles. The first-order valence-corrected chi connectivity index (χ1v) is 10.4. The van der Waals surface area contributed by atoms with E-state index in [9.17, 15) is 23.3 Å². The zero-order valence-corrected chi connectivity index (χ0v) is 16.8. The number of non-ortho nitro benzene ring substituents is 1. The fraction of sp³-hybridized carbons (Fsp3) is 0.0500. The molecule has 0 unspecified atom stereocenters. The van der Waals surface area contributed by atoms with Crippen molar-refractivity contribution in [3.63, 3.8) is 0 Å². The molecule has 1 N–H and O–H groups in total. The summed E-state index contributed by atoms with van der Waals surface area (Å²) in [6.07, 6.45) is 4.05. The minimum atomic E-state index is -4.04. The quantitative estimate of drug-likeness (QED) is 0.325. The van der Waals surface area contributed by atoms with Gasteiger partial charge in [0.1, 0.15) is 6.54 Å². The molecular weight excluding hydrogens is 422 g/mol. The van der Waals surface area contributed by atoms with Crippen molar-refractivity contribution in [1.29, 1.82) is 0 Å². The highest BCUT2D eigenvalue weighted by Gasteiger charge is 2.27. The highest BCUT2D eigenvalue weighted by atomic mass is 32.2. The summed E-state index contributed by atoms with van der Waals surface area (Å²) in [6, 6.07) is 16.5. The first kappa shape index (κ1) is 21.6. The van der Waals surface area contributed by atoms with Gasteiger partial charge in [0.05, 0.1) is 27.9 Å². The number of nitrogens with zero attached hydrogens (tertiary/aromatic N) is 4. The Bertz CT molecular complexity index is 1200. The third-order valence-electron chi connectivity index (χ3n) is 4.04. The van der Waals surface area contributed by atoms with Crippen molar-refractivity contribution < 1.29 is 18.1 Å². The lowest BCUT2D eigenvalue weighted by Crippen LogP contribution is -2.39. The van der Waals surface area contributed by atoms with Gasteiger partial charge in [-0.3, -0.25) is 24.2 Å². The van der Waals surface area contributed by atoms with Crippen LogP contribution in [0.25, 0.3) is 0 Å². The fourth-order valence-electron chi connectivity index (χ4n) is 2.60. The number of nitro benzene ring substituents is 1. The van der Waals surface area contributed by atoms with Crippen LogP contribution in [-0.4, -0.2) is 37.0 Å². The van der Waals surface area contributed by atoms with Gasteiger partial charge in [0.2, 0.25) is 0 Å². The lowest BCUT2D eigenvalue weighted by molar-refractivity contribution is -0.384. The van der Waals surface area contributed by atoms with E-state index in [-0.39, 0.29) is 16.3 Å². The van der Waals surface area contributed by atoms with Gasteiger partial charge in [-0.25, -0.2) is 13.8 Å². The number of pyridine rings is 1. The van der Waals surface area contributed by atoms with E-state index < -0.39 is 27.4 Å². The van der Waals surface area contributed by atoms with Gasteiger partial charge in [-0.15, -0.1) is 0 Å². The molecule has 0 bridgehead atoms. The van der Waals surface area contributed by atoms with Gasteiger partial charge in [-0.2, -0.15) is 5.10 Å². The van der Waals surface area contributed by atoms with Crippen LogP contribution >= 0.6 is 0 Å². The van der Waals surface area contributed by atoms with E-state index in [2.05, 4.69) is 15.5 Å². The van der Waals surface area contributed by atoms with Gasteiger partial charge in [0.25, 0.3) is 21.6 Å². The molecule has 0 radical (unpaired) electrons. The summed E-state index contributed by atoms with van der Waals surface area (Å²) < 4.78 is 27.1. The number of sulfonamides is 1. The van der Waals surface area contributed by atoms with E-state index in [0.29, 0.717) is 5.56 Å². The highest BCUT2D eigenvalue weighted by Crippen LogP contribution is 2.22. The SMILES string of the molecule is O=C(CN(c1cccnc1)S(=O)(=O)c1ccccc1)N/N=C\c1cccc([N+](=O)[O-])c1. The molecule has 1 aromatic heterocycles. The first-order chi connectivity index (χ1) is 14.9. The van der Waals surface area contributed by atoms with Crippen LogP contribution in [0.3, 0.4) is 0 Å². The lowest BCUT2D eigenvalue weighted by Gasteiger charge is -2.23. The highest BCUT2D eigenvalue weighted by molar-refractivity contribution is 7.92. The van der Waals surface area contributed by atoms with Crippen LogP contribution in [0, 0.1) is 10.1 Å². The number of hydrogen-bond donors (Lipinski definition) is 1. The van der Waals surface area contributed by atoms with Crippen molar-refractivity contribution in [3.8, 4) is 0 Å². The van der Waals surface area contributed by atoms with Gasteiger partial charge in [0.15, 0.2) is 0 Å². The molecule has 0 fully saturated rings. The second-order valence-electron chi connectivity index (χ2n) is 6.18. The van der Waals surface area contributed by atoms with Crippen LogP contribution in [0.2, 0.25) is 0 Å². The summed E-state index contributed by atoms with van der Waals surface area (Å²) in [4.78, 5) is 26.6. The zero-order chi connectivity index (χ0) is 22.3. The maximum atomic E-state index is 13.1. The number of hydrogen-bond acceptors (Lipinski definition) is 7. The van der Waals surface area contributed by atoms with Crippen LogP contribution in [0.1, 0.15) is 5.56 Å². The molecule has 11 heteroatoms. The number of hydrazone groups is 1. The summed E-state index contributed by atoms with van der Waals surface area (Å²) >= 11 is 0. The number of rotatable bonds is 8. The summed E-state index contributed by atoms with van der Waals surface area (Å²) in [7, 11) is -4.04. The van der Waals surface area contributed by atoms with E-state index >= 15 is 0 Å². The third kappa shape index (κ3) is 5.48. The first-order valence-electron chi connectivity index (χ1n) is 8.92. The number of aromatic nitrogens is 1. The van der Waals surface area contributed by atoms with E-state index in [0.717, 1.165) is 4.31 Å². The standard InChI is InChI=1S/C20H17N5O5S/c26-20(23-22-13-16-6-4-7-17(12-16)25(27)28)15-24(18-8-5-11-21-14-18)31(29,30)19-9-2-1-3-10-19/h1-14H,15H2,(H,23,26)/b22-13-. The molecular formula is C20H17N5O5S. The molecule has 1 amide bonds. The number of amides is 1. The summed E-state index contributed by atoms with van der Waals surface area (Å²) in [5.74, 6) is -0.704. The second kappa shape index (κ2) is 9.59. The Morgan fingerprint density at radius 3 is 2.58 bits per heavy atom. The predicted octanol–water partition coefficient (Wildman–Crippen LogP) is 2.34. The van der Waals surface area contributed by atoms with Crippen molar-refractivity contribution in [1.82, 2.24) is 10.4 Å². The lowest BCUT2D eigenvalue weighted by atomic mass is 10.2. The van der Waals surface area contributed by atoms with Crippen molar-refractivity contribution in [3.05, 3.63) is 94.8 Å². The topological polar surface area (TPSA) is 135 Å². The van der Waals surface area contributed by atoms with Crippen molar-refractivity contribution in [2.45, 2.75) is 4.90 Å².